The van der Waals surface area contributed by atoms with E-state index in [1.54, 1.807) is 90.1 Å². The summed E-state index contributed by atoms with van der Waals surface area (Å²) in [5, 5.41) is 52.8. The average molecular weight is 852 g/mol. The molecule has 12 atom stereocenters. The lowest BCUT2D eigenvalue weighted by molar-refractivity contribution is -0.365. The third-order valence-corrected chi connectivity index (χ3v) is 13.1. The summed E-state index contributed by atoms with van der Waals surface area (Å²) in [6.07, 6.45) is -12.8. The predicted molar refractivity (Wildman–Crippen MR) is 214 cm³/mol. The highest BCUT2D eigenvalue weighted by Gasteiger charge is 2.78. The first-order valence-corrected chi connectivity index (χ1v) is 20.4. The number of carbonyl (C=O) groups excluding carboxylic acids is 5. The van der Waals surface area contributed by atoms with E-state index in [0.717, 1.165) is 6.92 Å². The largest absolute Gasteiger partial charge is 0.456 e. The normalized spacial score (nSPS) is 33.7. The fraction of sp³-hybridized carbons (Fsp3) is 0.578. The standard InChI is InChI=1S/C45H57NO15/c1-23-28(58-39(53)33(50)32(26-16-12-10-13-17-26)46-40(54)61-41(4,5)6)21-45(55)37(59-38(52)27-18-14-11-15-19-27)35-43(9,29(49)20-30-44(35,22-56-30)60-25(3)48)36(51)34(57-24(2)47)31(23)42(45,7)8/h10-19,28-30,32-37,49-51,55H,20-22H2,1-9H3,(H,46,54)/t28-,29-,30?,32-,33+,34+,35-,36-,37-,43+,44-,45+/m0/s1. The molecular weight excluding hydrogens is 794 g/mol. The number of benzene rings is 2. The van der Waals surface area contributed by atoms with Gasteiger partial charge in [-0.15, -0.1) is 0 Å². The summed E-state index contributed by atoms with van der Waals surface area (Å²) >= 11 is 0. The van der Waals surface area contributed by atoms with Gasteiger partial charge in [-0.25, -0.2) is 14.4 Å². The second kappa shape index (κ2) is 16.4. The first kappa shape index (κ1) is 45.7. The second-order valence-electron chi connectivity index (χ2n) is 18.4. The smallest absolute Gasteiger partial charge is 0.408 e. The Morgan fingerprint density at radius 1 is 0.885 bits per heavy atom. The van der Waals surface area contributed by atoms with Crippen LogP contribution in [0.15, 0.2) is 71.8 Å². The molecule has 5 N–H and O–H groups in total. The molecule has 0 spiro atoms. The van der Waals surface area contributed by atoms with Gasteiger partial charge in [0.2, 0.25) is 0 Å². The molecule has 0 aromatic heterocycles. The monoisotopic (exact) mass is 851 g/mol. The van der Waals surface area contributed by atoms with Crippen LogP contribution in [-0.4, -0.2) is 117 Å². The maximum absolute atomic E-state index is 14.3. The van der Waals surface area contributed by atoms with Crippen molar-refractivity contribution in [2.45, 2.75) is 141 Å². The van der Waals surface area contributed by atoms with Gasteiger partial charge >= 0.3 is 30.0 Å². The van der Waals surface area contributed by atoms with Gasteiger partial charge in [-0.3, -0.25) is 9.59 Å². The van der Waals surface area contributed by atoms with Crippen molar-refractivity contribution >= 4 is 30.0 Å². The summed E-state index contributed by atoms with van der Waals surface area (Å²) in [5.74, 6) is -5.20. The molecule has 1 amide bonds. The predicted octanol–water partition coefficient (Wildman–Crippen LogP) is 3.62. The molecule has 2 bridgehead atoms. The molecule has 0 radical (unpaired) electrons. The van der Waals surface area contributed by atoms with Gasteiger partial charge in [0.05, 0.1) is 30.2 Å². The van der Waals surface area contributed by atoms with E-state index in [-0.39, 0.29) is 29.7 Å². The highest BCUT2D eigenvalue weighted by molar-refractivity contribution is 5.89. The average Bonchev–Trinajstić information content (AvgIpc) is 3.17. The van der Waals surface area contributed by atoms with Gasteiger partial charge in [0.1, 0.15) is 35.6 Å². The fourth-order valence-corrected chi connectivity index (χ4v) is 10.0. The lowest BCUT2D eigenvalue weighted by Crippen LogP contribution is -2.82. The van der Waals surface area contributed by atoms with Crippen LogP contribution in [0.25, 0.3) is 0 Å². The fourth-order valence-electron chi connectivity index (χ4n) is 10.0. The Morgan fingerprint density at radius 3 is 2.03 bits per heavy atom. The molecule has 61 heavy (non-hydrogen) atoms. The number of rotatable bonds is 9. The third-order valence-electron chi connectivity index (χ3n) is 13.1. The van der Waals surface area contributed by atoms with E-state index in [1.807, 2.05) is 0 Å². The summed E-state index contributed by atoms with van der Waals surface area (Å²) in [6, 6.07) is 14.7. The molecule has 2 saturated carbocycles. The minimum absolute atomic E-state index is 0.0867. The molecule has 1 unspecified atom stereocenters. The van der Waals surface area contributed by atoms with E-state index in [2.05, 4.69) is 5.32 Å². The molecule has 332 valence electrons. The van der Waals surface area contributed by atoms with E-state index in [9.17, 15) is 44.4 Å². The molecule has 2 aromatic rings. The molecule has 1 heterocycles. The van der Waals surface area contributed by atoms with Crippen LogP contribution >= 0.6 is 0 Å². The Morgan fingerprint density at radius 2 is 1.49 bits per heavy atom. The number of alkyl carbamates (subject to hydrolysis) is 1. The van der Waals surface area contributed by atoms with Crippen molar-refractivity contribution in [2.24, 2.45) is 16.7 Å². The first-order chi connectivity index (χ1) is 28.4. The Labute approximate surface area is 354 Å². The first-order valence-electron chi connectivity index (χ1n) is 20.4. The molecule has 3 fully saturated rings. The molecule has 16 nitrogen and oxygen atoms in total. The van der Waals surface area contributed by atoms with Gasteiger partial charge in [-0.2, -0.15) is 0 Å². The zero-order valence-corrected chi connectivity index (χ0v) is 35.9. The quantitative estimate of drug-likeness (QED) is 0.138. The number of fused-ring (bicyclic) bond motifs is 5. The van der Waals surface area contributed by atoms with Crippen molar-refractivity contribution in [2.75, 3.05) is 6.61 Å². The SMILES string of the molecule is CC(=O)O[C@@H]1C2=C(C)[C@@H](OC(=O)[C@H](O)[C@@H](NC(=O)OC(C)(C)C)c3ccccc3)C[C@@](O)([C@@H](OC(=O)c3ccccc3)[C@H]3[C@@](C)([C@@H](O)CC4OC[C@]43OC(C)=O)[C@H]1O)C2(C)C. The Bertz CT molecular complexity index is 2050. The van der Waals surface area contributed by atoms with Crippen molar-refractivity contribution < 1.29 is 72.8 Å². The van der Waals surface area contributed by atoms with Crippen LogP contribution < -0.4 is 5.32 Å². The van der Waals surface area contributed by atoms with Crippen molar-refractivity contribution in [1.82, 2.24) is 5.32 Å². The molecule has 16 heteroatoms. The van der Waals surface area contributed by atoms with Gasteiger partial charge < -0.3 is 54.2 Å². The van der Waals surface area contributed by atoms with Gasteiger partial charge in [-0.05, 0) is 56.5 Å². The number of hydrogen-bond donors (Lipinski definition) is 5. The highest BCUT2D eigenvalue weighted by Crippen LogP contribution is 2.65. The third kappa shape index (κ3) is 8.04. The summed E-state index contributed by atoms with van der Waals surface area (Å²) in [7, 11) is 0. The van der Waals surface area contributed by atoms with E-state index < -0.39 is 119 Å². The van der Waals surface area contributed by atoms with Crippen LogP contribution in [0, 0.1) is 16.7 Å². The molecule has 6 rings (SSSR count). The molecule has 1 saturated heterocycles. The molecule has 4 aliphatic rings. The van der Waals surface area contributed by atoms with Gasteiger partial charge in [-0.1, -0.05) is 69.3 Å². The molecular formula is C45H57NO15. The topological polar surface area (TPSA) is 234 Å². The number of amides is 1. The number of aliphatic hydroxyl groups is 4. The lowest BCUT2D eigenvalue weighted by atomic mass is 9.44. The zero-order valence-electron chi connectivity index (χ0n) is 35.9. The van der Waals surface area contributed by atoms with Crippen LogP contribution in [0.1, 0.15) is 97.1 Å². The van der Waals surface area contributed by atoms with Crippen LogP contribution in [0.5, 0.6) is 0 Å². The number of ether oxygens (including phenoxy) is 6. The number of esters is 4. The zero-order chi connectivity index (χ0) is 45.0. The van der Waals surface area contributed by atoms with Gasteiger partial charge in [0.25, 0.3) is 0 Å². The van der Waals surface area contributed by atoms with Crippen LogP contribution in [0.3, 0.4) is 0 Å². The Balaban J connectivity index is 1.53. The molecule has 2 aromatic carbocycles. The summed E-state index contributed by atoms with van der Waals surface area (Å²) < 4.78 is 35.8. The van der Waals surface area contributed by atoms with Crippen molar-refractivity contribution in [3.05, 3.63) is 82.9 Å². The van der Waals surface area contributed by atoms with Gasteiger partial charge in [0.15, 0.2) is 17.8 Å². The summed E-state index contributed by atoms with van der Waals surface area (Å²) in [4.78, 5) is 67.5. The lowest BCUT2D eigenvalue weighted by Gasteiger charge is -2.69. The van der Waals surface area contributed by atoms with E-state index >= 15 is 0 Å². The Hall–Kier alpha value is -4.87. The summed E-state index contributed by atoms with van der Waals surface area (Å²) in [6.45, 7) is 13.2. The number of hydrogen-bond acceptors (Lipinski definition) is 15. The van der Waals surface area contributed by atoms with Crippen molar-refractivity contribution in [1.29, 1.82) is 0 Å². The summed E-state index contributed by atoms with van der Waals surface area (Å²) in [5.41, 5.74) is -7.74. The minimum Gasteiger partial charge on any atom is -0.456 e. The van der Waals surface area contributed by atoms with Crippen molar-refractivity contribution in [3.63, 3.8) is 0 Å². The van der Waals surface area contributed by atoms with Crippen LogP contribution in [0.2, 0.25) is 0 Å². The minimum atomic E-state index is -2.36. The number of aliphatic hydroxyl groups excluding tert-OH is 3. The second-order valence-corrected chi connectivity index (χ2v) is 18.4. The molecule has 1 aliphatic heterocycles. The van der Waals surface area contributed by atoms with E-state index in [1.165, 1.54) is 26.0 Å². The maximum Gasteiger partial charge on any atom is 0.408 e. The van der Waals surface area contributed by atoms with E-state index in [0.29, 0.717) is 5.56 Å². The maximum atomic E-state index is 14.3. The van der Waals surface area contributed by atoms with E-state index in [4.69, 9.17) is 28.4 Å². The van der Waals surface area contributed by atoms with Crippen molar-refractivity contribution in [3.8, 4) is 0 Å². The molecule has 3 aliphatic carbocycles. The number of carbonyl (C=O) groups is 5. The van der Waals surface area contributed by atoms with Gasteiger partial charge in [0, 0.05) is 37.5 Å². The Kier molecular flexibility index (Phi) is 12.3. The number of nitrogens with one attached hydrogen (secondary N) is 1. The van der Waals surface area contributed by atoms with Crippen LogP contribution in [0.4, 0.5) is 4.79 Å². The highest BCUT2D eigenvalue weighted by atomic mass is 16.6. The van der Waals surface area contributed by atoms with Crippen LogP contribution in [-0.2, 0) is 42.8 Å².